The fourth-order valence-corrected chi connectivity index (χ4v) is 2.19. The molecule has 1 unspecified atom stereocenters. The van der Waals surface area contributed by atoms with Crippen molar-refractivity contribution in [1.82, 2.24) is 5.32 Å². The molecule has 1 atom stereocenters. The number of hydrogen-bond acceptors (Lipinski definition) is 3. The van der Waals surface area contributed by atoms with Gasteiger partial charge in [0.05, 0.1) is 12.2 Å². The molecule has 3 heteroatoms. The number of rotatable bonds is 5. The van der Waals surface area contributed by atoms with Crippen molar-refractivity contribution < 1.29 is 0 Å². The second-order valence-corrected chi connectivity index (χ2v) is 4.59. The summed E-state index contributed by atoms with van der Waals surface area (Å²) in [5, 5.41) is 3.50. The number of nitrogens with two attached hydrogens (primary N) is 2. The molecule has 3 nitrogen and oxygen atoms in total. The highest BCUT2D eigenvalue weighted by Gasteiger charge is 2.12. The Morgan fingerprint density at radius 2 is 1.37 bits per heavy atom. The van der Waals surface area contributed by atoms with Crippen LogP contribution in [0.5, 0.6) is 0 Å². The monoisotopic (exact) mass is 255 g/mol. The quantitative estimate of drug-likeness (QED) is 0.718. The summed E-state index contributed by atoms with van der Waals surface area (Å²) in [5.74, 6) is 0. The molecule has 19 heavy (non-hydrogen) atoms. The summed E-state index contributed by atoms with van der Waals surface area (Å²) in [6, 6.07) is 18.8. The Hall–Kier alpha value is -1.68. The van der Waals surface area contributed by atoms with Crippen molar-refractivity contribution in [2.45, 2.75) is 19.1 Å². The average molecular weight is 255 g/mol. The van der Waals surface area contributed by atoms with E-state index in [1.54, 1.807) is 0 Å². The van der Waals surface area contributed by atoms with E-state index in [-0.39, 0.29) is 6.04 Å². The maximum atomic E-state index is 5.67. The van der Waals surface area contributed by atoms with Crippen molar-refractivity contribution in [3.63, 3.8) is 0 Å². The van der Waals surface area contributed by atoms with Crippen LogP contribution in [0.15, 0.2) is 54.6 Å². The van der Waals surface area contributed by atoms with Crippen LogP contribution in [-0.4, -0.2) is 6.54 Å². The maximum Gasteiger partial charge on any atom is 0.0784 e. The second kappa shape index (κ2) is 6.48. The molecule has 0 spiro atoms. The van der Waals surface area contributed by atoms with Gasteiger partial charge in [0, 0.05) is 0 Å². The molecule has 2 aromatic rings. The third kappa shape index (κ3) is 3.41. The van der Waals surface area contributed by atoms with Crippen LogP contribution in [0, 0.1) is 0 Å². The normalized spacial score (nSPS) is 12.6. The van der Waals surface area contributed by atoms with E-state index >= 15 is 0 Å². The van der Waals surface area contributed by atoms with Crippen LogP contribution in [0.1, 0.15) is 35.8 Å². The maximum absolute atomic E-state index is 5.67. The zero-order valence-electron chi connectivity index (χ0n) is 11.2. The molecule has 0 aromatic heterocycles. The molecule has 0 aliphatic rings. The first-order chi connectivity index (χ1) is 9.22. The topological polar surface area (TPSA) is 64.1 Å². The number of benzene rings is 2. The van der Waals surface area contributed by atoms with E-state index in [9.17, 15) is 0 Å². The van der Waals surface area contributed by atoms with Crippen molar-refractivity contribution in [2.75, 3.05) is 6.54 Å². The molecule has 0 saturated carbocycles. The van der Waals surface area contributed by atoms with Crippen LogP contribution in [0.3, 0.4) is 0 Å². The van der Waals surface area contributed by atoms with Crippen LogP contribution < -0.4 is 16.8 Å². The van der Waals surface area contributed by atoms with Gasteiger partial charge >= 0.3 is 0 Å². The fraction of sp³-hybridized carbons (Fsp3) is 0.250. The van der Waals surface area contributed by atoms with E-state index < -0.39 is 6.17 Å². The van der Waals surface area contributed by atoms with Crippen molar-refractivity contribution in [3.05, 3.63) is 71.3 Å². The Morgan fingerprint density at radius 1 is 0.842 bits per heavy atom. The first-order valence-electron chi connectivity index (χ1n) is 6.61. The summed E-state index contributed by atoms with van der Waals surface area (Å²) < 4.78 is 0. The minimum atomic E-state index is -0.414. The second-order valence-electron chi connectivity index (χ2n) is 4.59. The van der Waals surface area contributed by atoms with Gasteiger partial charge in [-0.2, -0.15) is 0 Å². The first kappa shape index (κ1) is 13.7. The fourth-order valence-electron chi connectivity index (χ4n) is 2.19. The van der Waals surface area contributed by atoms with Gasteiger partial charge in [0.15, 0.2) is 0 Å². The van der Waals surface area contributed by atoms with E-state index in [4.69, 9.17) is 11.5 Å². The lowest BCUT2D eigenvalue weighted by molar-refractivity contribution is 0.630. The third-order valence-electron chi connectivity index (χ3n) is 3.20. The highest BCUT2D eigenvalue weighted by molar-refractivity contribution is 5.34. The Morgan fingerprint density at radius 3 is 1.89 bits per heavy atom. The van der Waals surface area contributed by atoms with Gasteiger partial charge in [-0.25, -0.2) is 0 Å². The SMILES string of the molecule is CCNC(c1ccccc1)c1ccc(C(N)N)cc1. The Bertz CT molecular complexity index is 491. The minimum absolute atomic E-state index is 0.203. The molecule has 0 fully saturated rings. The molecule has 100 valence electrons. The highest BCUT2D eigenvalue weighted by atomic mass is 14.9. The van der Waals surface area contributed by atoms with Gasteiger partial charge in [0.2, 0.25) is 0 Å². The van der Waals surface area contributed by atoms with Crippen molar-refractivity contribution in [1.29, 1.82) is 0 Å². The van der Waals surface area contributed by atoms with Gasteiger partial charge in [-0.15, -0.1) is 0 Å². The van der Waals surface area contributed by atoms with Gasteiger partial charge in [-0.05, 0) is 23.2 Å². The largest absolute Gasteiger partial charge is 0.312 e. The highest BCUT2D eigenvalue weighted by Crippen LogP contribution is 2.22. The van der Waals surface area contributed by atoms with Crippen molar-refractivity contribution >= 4 is 0 Å². The standard InChI is InChI=1S/C16H21N3/c1-2-19-15(12-6-4-3-5-7-12)13-8-10-14(11-9-13)16(17)18/h3-11,15-16,19H,2,17-18H2,1H3. The van der Waals surface area contributed by atoms with Gasteiger partial charge in [0.25, 0.3) is 0 Å². The zero-order valence-corrected chi connectivity index (χ0v) is 11.2. The molecule has 0 saturated heterocycles. The summed E-state index contributed by atoms with van der Waals surface area (Å²) >= 11 is 0. The van der Waals surface area contributed by atoms with E-state index in [1.807, 2.05) is 18.2 Å². The van der Waals surface area contributed by atoms with Gasteiger partial charge < -0.3 is 16.8 Å². The number of nitrogens with one attached hydrogen (secondary N) is 1. The van der Waals surface area contributed by atoms with Crippen LogP contribution in [0.25, 0.3) is 0 Å². The smallest absolute Gasteiger partial charge is 0.0784 e. The molecule has 2 rings (SSSR count). The predicted octanol–water partition coefficient (Wildman–Crippen LogP) is 2.30. The molecular formula is C16H21N3. The van der Waals surface area contributed by atoms with E-state index in [0.717, 1.165) is 12.1 Å². The molecule has 0 aliphatic carbocycles. The molecule has 0 bridgehead atoms. The Labute approximate surface area is 114 Å². The lowest BCUT2D eigenvalue weighted by atomic mass is 9.97. The average Bonchev–Trinajstić information content (AvgIpc) is 2.46. The lowest BCUT2D eigenvalue weighted by Gasteiger charge is -2.19. The molecule has 0 radical (unpaired) electrons. The molecule has 0 amide bonds. The van der Waals surface area contributed by atoms with Crippen molar-refractivity contribution in [3.8, 4) is 0 Å². The van der Waals surface area contributed by atoms with Gasteiger partial charge in [-0.1, -0.05) is 61.5 Å². The van der Waals surface area contributed by atoms with Gasteiger partial charge in [0.1, 0.15) is 0 Å². The Balaban J connectivity index is 2.29. The summed E-state index contributed by atoms with van der Waals surface area (Å²) in [6.07, 6.45) is -0.414. The third-order valence-corrected chi connectivity index (χ3v) is 3.20. The first-order valence-corrected chi connectivity index (χ1v) is 6.61. The van der Waals surface area contributed by atoms with E-state index in [1.165, 1.54) is 11.1 Å². The van der Waals surface area contributed by atoms with Crippen LogP contribution in [0.2, 0.25) is 0 Å². The molecule has 0 aliphatic heterocycles. The lowest BCUT2D eigenvalue weighted by Crippen LogP contribution is -2.23. The molecular weight excluding hydrogens is 234 g/mol. The van der Waals surface area contributed by atoms with Crippen LogP contribution in [-0.2, 0) is 0 Å². The minimum Gasteiger partial charge on any atom is -0.312 e. The molecule has 0 heterocycles. The summed E-state index contributed by atoms with van der Waals surface area (Å²) in [7, 11) is 0. The Kier molecular flexibility index (Phi) is 4.68. The van der Waals surface area contributed by atoms with E-state index in [0.29, 0.717) is 0 Å². The summed E-state index contributed by atoms with van der Waals surface area (Å²) in [6.45, 7) is 3.03. The predicted molar refractivity (Wildman–Crippen MR) is 79.5 cm³/mol. The summed E-state index contributed by atoms with van der Waals surface area (Å²) in [5.41, 5.74) is 14.8. The molecule has 5 N–H and O–H groups in total. The van der Waals surface area contributed by atoms with Crippen molar-refractivity contribution in [2.24, 2.45) is 11.5 Å². The zero-order chi connectivity index (χ0) is 13.7. The van der Waals surface area contributed by atoms with E-state index in [2.05, 4.69) is 48.6 Å². The van der Waals surface area contributed by atoms with Gasteiger partial charge in [-0.3, -0.25) is 0 Å². The summed E-state index contributed by atoms with van der Waals surface area (Å²) in [4.78, 5) is 0. The van der Waals surface area contributed by atoms with Crippen LogP contribution >= 0.6 is 0 Å². The van der Waals surface area contributed by atoms with Crippen LogP contribution in [0.4, 0.5) is 0 Å². The molecule has 2 aromatic carbocycles. The number of hydrogen-bond donors (Lipinski definition) is 3.